The first-order chi connectivity index (χ1) is 31.6. The molecule has 0 amide bonds. The molecule has 0 N–H and O–H groups in total. The second kappa shape index (κ2) is 53.9. The quantitative estimate of drug-likeness (QED) is 0.0346. The fourth-order valence-corrected chi connectivity index (χ4v) is 6.95. The molecule has 0 aromatic heterocycles. The zero-order chi connectivity index (χ0) is 46.3. The van der Waals surface area contributed by atoms with Crippen molar-refractivity contribution in [3.63, 3.8) is 0 Å². The van der Waals surface area contributed by atoms with Crippen molar-refractivity contribution < 1.29 is 23.8 Å². The van der Waals surface area contributed by atoms with Gasteiger partial charge in [0.05, 0.1) is 6.61 Å². The molecule has 5 heteroatoms. The Kier molecular flexibility index (Phi) is 51.0. The normalized spacial score (nSPS) is 13.1. The highest BCUT2D eigenvalue weighted by Crippen LogP contribution is 2.14. The van der Waals surface area contributed by atoms with E-state index in [1.54, 1.807) is 0 Å². The molecule has 0 aromatic carbocycles. The van der Waals surface area contributed by atoms with Crippen molar-refractivity contribution in [1.82, 2.24) is 0 Å². The lowest BCUT2D eigenvalue weighted by molar-refractivity contribution is -0.163. The van der Waals surface area contributed by atoms with Crippen LogP contribution in [0.5, 0.6) is 0 Å². The molecule has 0 spiro atoms. The van der Waals surface area contributed by atoms with E-state index in [4.69, 9.17) is 14.2 Å². The summed E-state index contributed by atoms with van der Waals surface area (Å²) in [6.45, 7) is 7.44. The van der Waals surface area contributed by atoms with E-state index in [0.717, 1.165) is 116 Å². The van der Waals surface area contributed by atoms with Crippen LogP contribution in [0, 0.1) is 0 Å². The summed E-state index contributed by atoms with van der Waals surface area (Å²) in [5.74, 6) is -0.444. The average molecular weight is 887 g/mol. The molecule has 0 aliphatic rings. The first-order valence-corrected chi connectivity index (χ1v) is 26.4. The molecular formula is C59H98O5. The van der Waals surface area contributed by atoms with E-state index < -0.39 is 6.10 Å². The van der Waals surface area contributed by atoms with E-state index in [9.17, 15) is 9.59 Å². The lowest BCUT2D eigenvalue weighted by Crippen LogP contribution is -2.30. The predicted octanol–water partition coefficient (Wildman–Crippen LogP) is 18.0. The van der Waals surface area contributed by atoms with Crippen LogP contribution in [-0.4, -0.2) is 37.9 Å². The van der Waals surface area contributed by atoms with Crippen molar-refractivity contribution in [2.45, 2.75) is 232 Å². The number of rotatable bonds is 47. The zero-order valence-electron chi connectivity index (χ0n) is 41.8. The number of carbonyl (C=O) groups excluding carboxylic acids is 2. The van der Waals surface area contributed by atoms with Crippen LogP contribution in [0.25, 0.3) is 0 Å². The monoisotopic (exact) mass is 887 g/mol. The summed E-state index contributed by atoms with van der Waals surface area (Å²) in [5, 5.41) is 0. The number of unbranched alkanes of at least 4 members (excludes halogenated alkanes) is 18. The molecule has 0 heterocycles. The fourth-order valence-electron chi connectivity index (χ4n) is 6.95. The van der Waals surface area contributed by atoms with Gasteiger partial charge in [-0.15, -0.1) is 0 Å². The van der Waals surface area contributed by atoms with E-state index in [1.807, 2.05) is 0 Å². The molecule has 364 valence electrons. The van der Waals surface area contributed by atoms with Gasteiger partial charge in [0.25, 0.3) is 0 Å². The highest BCUT2D eigenvalue weighted by Gasteiger charge is 2.17. The summed E-state index contributed by atoms with van der Waals surface area (Å²) >= 11 is 0. The van der Waals surface area contributed by atoms with Gasteiger partial charge in [0.2, 0.25) is 0 Å². The second-order valence-electron chi connectivity index (χ2n) is 17.0. The number of ether oxygens (including phenoxy) is 3. The van der Waals surface area contributed by atoms with Gasteiger partial charge < -0.3 is 14.2 Å². The lowest BCUT2D eigenvalue weighted by Gasteiger charge is -2.18. The van der Waals surface area contributed by atoms with E-state index >= 15 is 0 Å². The molecular weight excluding hydrogens is 789 g/mol. The summed E-state index contributed by atoms with van der Waals surface area (Å²) in [4.78, 5) is 25.4. The Morgan fingerprint density at radius 1 is 0.359 bits per heavy atom. The van der Waals surface area contributed by atoms with Gasteiger partial charge in [-0.1, -0.05) is 226 Å². The summed E-state index contributed by atoms with van der Waals surface area (Å²) in [6, 6.07) is 0. The van der Waals surface area contributed by atoms with Gasteiger partial charge >= 0.3 is 11.9 Å². The van der Waals surface area contributed by atoms with Crippen molar-refractivity contribution in [1.29, 1.82) is 0 Å². The minimum Gasteiger partial charge on any atom is -0.462 e. The van der Waals surface area contributed by atoms with Crippen LogP contribution in [0.2, 0.25) is 0 Å². The van der Waals surface area contributed by atoms with Gasteiger partial charge in [-0.25, -0.2) is 0 Å². The van der Waals surface area contributed by atoms with Gasteiger partial charge in [0, 0.05) is 19.4 Å². The molecule has 0 rings (SSSR count). The Morgan fingerprint density at radius 2 is 0.703 bits per heavy atom. The van der Waals surface area contributed by atoms with Gasteiger partial charge in [-0.3, -0.25) is 9.59 Å². The Bertz CT molecular complexity index is 1280. The van der Waals surface area contributed by atoms with Crippen molar-refractivity contribution in [3.8, 4) is 0 Å². The Labute approximate surface area is 395 Å². The Hall–Kier alpha value is -3.44. The average Bonchev–Trinajstić information content (AvgIpc) is 3.30. The second-order valence-corrected chi connectivity index (χ2v) is 17.0. The van der Waals surface area contributed by atoms with Gasteiger partial charge in [0.1, 0.15) is 6.61 Å². The van der Waals surface area contributed by atoms with Gasteiger partial charge in [-0.05, 0) is 96.3 Å². The molecule has 0 aromatic rings. The molecule has 64 heavy (non-hydrogen) atoms. The van der Waals surface area contributed by atoms with Gasteiger partial charge in [0.15, 0.2) is 6.10 Å². The van der Waals surface area contributed by atoms with Crippen LogP contribution < -0.4 is 0 Å². The predicted molar refractivity (Wildman–Crippen MR) is 279 cm³/mol. The van der Waals surface area contributed by atoms with E-state index in [0.29, 0.717) is 19.4 Å². The van der Waals surface area contributed by atoms with Crippen molar-refractivity contribution in [3.05, 3.63) is 109 Å². The SMILES string of the molecule is CC/C=C\C/C=C\C/C=C\C/C=C\C/C=C\C/C=C\CCCOCC(COC(=O)CCCCCCCCC/C=C\C/C=C\C/C=C\CC)OC(=O)CCCCCCCCCCCCC. The lowest BCUT2D eigenvalue weighted by atomic mass is 10.1. The summed E-state index contributed by atoms with van der Waals surface area (Å²) < 4.78 is 17.3. The third-order valence-electron chi connectivity index (χ3n) is 10.8. The molecule has 5 nitrogen and oxygen atoms in total. The maximum atomic E-state index is 12.8. The topological polar surface area (TPSA) is 61.8 Å². The highest BCUT2D eigenvalue weighted by atomic mass is 16.6. The third kappa shape index (κ3) is 51.2. The Balaban J connectivity index is 4.36. The maximum absolute atomic E-state index is 12.8. The van der Waals surface area contributed by atoms with E-state index in [1.165, 1.54) is 77.0 Å². The van der Waals surface area contributed by atoms with Crippen molar-refractivity contribution in [2.75, 3.05) is 19.8 Å². The van der Waals surface area contributed by atoms with Gasteiger partial charge in [-0.2, -0.15) is 0 Å². The maximum Gasteiger partial charge on any atom is 0.306 e. The smallest absolute Gasteiger partial charge is 0.306 e. The molecule has 1 atom stereocenters. The summed E-state index contributed by atoms with van der Waals surface area (Å²) in [7, 11) is 0. The van der Waals surface area contributed by atoms with Crippen LogP contribution in [0.3, 0.4) is 0 Å². The standard InChI is InChI=1S/C59H98O5/c1-4-7-10-13-16-19-22-24-26-28-29-30-32-34-36-39-42-45-48-51-54-62-55-57(64-59(61)53-50-47-44-41-37-21-18-15-12-9-6-3)56-63-58(60)52-49-46-43-40-38-35-33-31-27-25-23-20-17-14-11-8-5-2/h7-8,10-11,16-17,19-20,24-27,29-30,34,36,42,45,57H,4-6,9,12-15,18,21-23,28,31-33,35,37-41,43-44,46-56H2,1-3H3/b10-7-,11-8-,19-16-,20-17-,26-24-,27-25-,30-29-,36-34-,45-42-. The third-order valence-corrected chi connectivity index (χ3v) is 10.8. The number of esters is 2. The van der Waals surface area contributed by atoms with Crippen LogP contribution in [0.1, 0.15) is 226 Å². The van der Waals surface area contributed by atoms with Crippen molar-refractivity contribution in [2.24, 2.45) is 0 Å². The van der Waals surface area contributed by atoms with Crippen LogP contribution in [0.4, 0.5) is 0 Å². The number of hydrogen-bond donors (Lipinski definition) is 0. The molecule has 1 unspecified atom stereocenters. The molecule has 0 radical (unpaired) electrons. The number of carbonyl (C=O) groups is 2. The number of allylic oxidation sites excluding steroid dienone is 18. The molecule has 0 aliphatic carbocycles. The molecule has 0 saturated heterocycles. The fraction of sp³-hybridized carbons (Fsp3) is 0.661. The van der Waals surface area contributed by atoms with Crippen LogP contribution >= 0.6 is 0 Å². The molecule has 0 bridgehead atoms. The zero-order valence-corrected chi connectivity index (χ0v) is 41.8. The molecule has 0 aliphatic heterocycles. The highest BCUT2D eigenvalue weighted by molar-refractivity contribution is 5.70. The first kappa shape index (κ1) is 60.6. The van der Waals surface area contributed by atoms with E-state index in [-0.39, 0.29) is 25.2 Å². The largest absolute Gasteiger partial charge is 0.462 e. The number of hydrogen-bond acceptors (Lipinski definition) is 5. The van der Waals surface area contributed by atoms with E-state index in [2.05, 4.69) is 130 Å². The summed E-state index contributed by atoms with van der Waals surface area (Å²) in [5.41, 5.74) is 0. The molecule has 0 saturated carbocycles. The Morgan fingerprint density at radius 3 is 1.12 bits per heavy atom. The van der Waals surface area contributed by atoms with Crippen LogP contribution in [0.15, 0.2) is 109 Å². The minimum atomic E-state index is -0.575. The van der Waals surface area contributed by atoms with Crippen LogP contribution in [-0.2, 0) is 23.8 Å². The minimum absolute atomic E-state index is 0.0526. The first-order valence-electron chi connectivity index (χ1n) is 26.4. The summed E-state index contributed by atoms with van der Waals surface area (Å²) in [6.07, 6.45) is 73.9. The molecule has 0 fully saturated rings. The van der Waals surface area contributed by atoms with Crippen molar-refractivity contribution >= 4 is 11.9 Å².